The lowest BCUT2D eigenvalue weighted by Crippen LogP contribution is -2.47. The maximum Gasteiger partial charge on any atom is 0.0809 e. The van der Waals surface area contributed by atoms with Gasteiger partial charge in [0.05, 0.1) is 18.3 Å². The Balaban J connectivity index is 2.52. The van der Waals surface area contributed by atoms with Gasteiger partial charge in [-0.3, -0.25) is 0 Å². The van der Waals surface area contributed by atoms with Crippen LogP contribution in [0.1, 0.15) is 46.5 Å². The molecular weight excluding hydrogens is 202 g/mol. The SMILES string of the molecule is COCC(C)OC1(CN)CCC(C)(C)CC1. The van der Waals surface area contributed by atoms with Crippen molar-refractivity contribution in [2.24, 2.45) is 11.1 Å². The first-order valence-electron chi connectivity index (χ1n) is 6.30. The fraction of sp³-hybridized carbons (Fsp3) is 1.00. The molecule has 0 spiro atoms. The van der Waals surface area contributed by atoms with E-state index in [1.807, 2.05) is 0 Å². The van der Waals surface area contributed by atoms with Gasteiger partial charge in [-0.25, -0.2) is 0 Å². The maximum absolute atomic E-state index is 6.11. The summed E-state index contributed by atoms with van der Waals surface area (Å²) in [6, 6.07) is 0. The standard InChI is InChI=1S/C13H27NO2/c1-11(9-15-4)16-13(10-14)7-5-12(2,3)6-8-13/h11H,5-10,14H2,1-4H3. The molecule has 96 valence electrons. The van der Waals surface area contributed by atoms with Gasteiger partial charge in [-0.1, -0.05) is 13.8 Å². The summed E-state index contributed by atoms with van der Waals surface area (Å²) < 4.78 is 11.2. The van der Waals surface area contributed by atoms with Crippen LogP contribution in [0.4, 0.5) is 0 Å². The summed E-state index contributed by atoms with van der Waals surface area (Å²) in [4.78, 5) is 0. The van der Waals surface area contributed by atoms with Gasteiger partial charge in [-0.2, -0.15) is 0 Å². The first-order chi connectivity index (χ1) is 7.43. The van der Waals surface area contributed by atoms with Crippen LogP contribution in [0.5, 0.6) is 0 Å². The maximum atomic E-state index is 6.11. The molecule has 1 aliphatic carbocycles. The van der Waals surface area contributed by atoms with Crippen LogP contribution < -0.4 is 5.73 Å². The molecule has 0 heterocycles. The Bertz CT molecular complexity index is 206. The molecule has 3 heteroatoms. The zero-order valence-electron chi connectivity index (χ0n) is 11.2. The summed E-state index contributed by atoms with van der Waals surface area (Å²) in [7, 11) is 1.71. The van der Waals surface area contributed by atoms with Gasteiger partial charge in [-0.05, 0) is 38.0 Å². The third-order valence-corrected chi connectivity index (χ3v) is 3.74. The highest BCUT2D eigenvalue weighted by Gasteiger charge is 2.39. The molecule has 2 N–H and O–H groups in total. The molecule has 16 heavy (non-hydrogen) atoms. The molecule has 0 saturated heterocycles. The van der Waals surface area contributed by atoms with Crippen LogP contribution in [0.2, 0.25) is 0 Å². The normalized spacial score (nSPS) is 25.3. The summed E-state index contributed by atoms with van der Waals surface area (Å²) in [5.74, 6) is 0. The van der Waals surface area contributed by atoms with Crippen molar-refractivity contribution in [2.75, 3.05) is 20.3 Å². The van der Waals surface area contributed by atoms with Crippen molar-refractivity contribution in [3.63, 3.8) is 0 Å². The van der Waals surface area contributed by atoms with Crippen molar-refractivity contribution in [3.8, 4) is 0 Å². The summed E-state index contributed by atoms with van der Waals surface area (Å²) in [5.41, 5.74) is 6.25. The Labute approximate surface area is 99.7 Å². The van der Waals surface area contributed by atoms with E-state index < -0.39 is 0 Å². The van der Waals surface area contributed by atoms with Gasteiger partial charge >= 0.3 is 0 Å². The van der Waals surface area contributed by atoms with Gasteiger partial charge in [-0.15, -0.1) is 0 Å². The van der Waals surface area contributed by atoms with Crippen LogP contribution >= 0.6 is 0 Å². The van der Waals surface area contributed by atoms with Crippen LogP contribution in [-0.4, -0.2) is 32.0 Å². The van der Waals surface area contributed by atoms with E-state index in [0.29, 0.717) is 18.6 Å². The van der Waals surface area contributed by atoms with E-state index in [1.165, 1.54) is 12.8 Å². The Hall–Kier alpha value is -0.120. The Morgan fingerprint density at radius 3 is 2.19 bits per heavy atom. The molecule has 3 nitrogen and oxygen atoms in total. The average molecular weight is 229 g/mol. The monoisotopic (exact) mass is 229 g/mol. The predicted octanol–water partition coefficient (Wildman–Crippen LogP) is 2.34. The number of methoxy groups -OCH3 is 1. The van der Waals surface area contributed by atoms with Crippen LogP contribution in [-0.2, 0) is 9.47 Å². The van der Waals surface area contributed by atoms with E-state index in [2.05, 4.69) is 20.8 Å². The van der Waals surface area contributed by atoms with E-state index in [1.54, 1.807) is 7.11 Å². The molecule has 0 aromatic rings. The molecule has 1 aliphatic rings. The highest BCUT2D eigenvalue weighted by molar-refractivity contribution is 4.92. The second-order valence-electron chi connectivity index (χ2n) is 5.94. The number of rotatable bonds is 5. The summed E-state index contributed by atoms with van der Waals surface area (Å²) in [5, 5.41) is 0. The van der Waals surface area contributed by atoms with Gasteiger partial charge in [0.25, 0.3) is 0 Å². The minimum Gasteiger partial charge on any atom is -0.382 e. The highest BCUT2D eigenvalue weighted by Crippen LogP contribution is 2.41. The molecule has 0 radical (unpaired) electrons. The van der Waals surface area contributed by atoms with Crippen molar-refractivity contribution in [3.05, 3.63) is 0 Å². The zero-order valence-corrected chi connectivity index (χ0v) is 11.2. The molecular formula is C13H27NO2. The van der Waals surface area contributed by atoms with Crippen molar-refractivity contribution in [1.82, 2.24) is 0 Å². The van der Waals surface area contributed by atoms with Crippen LogP contribution in [0.15, 0.2) is 0 Å². The molecule has 0 amide bonds. The minimum absolute atomic E-state index is 0.104. The fourth-order valence-electron chi connectivity index (χ4n) is 2.45. The van der Waals surface area contributed by atoms with E-state index in [9.17, 15) is 0 Å². The molecule has 1 saturated carbocycles. The van der Waals surface area contributed by atoms with E-state index in [0.717, 1.165) is 12.8 Å². The quantitative estimate of drug-likeness (QED) is 0.787. The van der Waals surface area contributed by atoms with Crippen LogP contribution in [0.3, 0.4) is 0 Å². The molecule has 0 aromatic heterocycles. The third-order valence-electron chi connectivity index (χ3n) is 3.74. The lowest BCUT2D eigenvalue weighted by Gasteiger charge is -2.44. The highest BCUT2D eigenvalue weighted by atomic mass is 16.5. The first-order valence-corrected chi connectivity index (χ1v) is 6.30. The van der Waals surface area contributed by atoms with Crippen molar-refractivity contribution < 1.29 is 9.47 Å². The summed E-state index contributed by atoms with van der Waals surface area (Å²) in [6.07, 6.45) is 4.68. The van der Waals surface area contributed by atoms with E-state index in [4.69, 9.17) is 15.2 Å². The van der Waals surface area contributed by atoms with Gasteiger partial charge < -0.3 is 15.2 Å². The minimum atomic E-state index is -0.104. The molecule has 1 unspecified atom stereocenters. The summed E-state index contributed by atoms with van der Waals surface area (Å²) in [6.45, 7) is 7.97. The van der Waals surface area contributed by atoms with E-state index >= 15 is 0 Å². The van der Waals surface area contributed by atoms with Crippen molar-refractivity contribution in [1.29, 1.82) is 0 Å². The summed E-state index contributed by atoms with van der Waals surface area (Å²) >= 11 is 0. The predicted molar refractivity (Wildman–Crippen MR) is 66.5 cm³/mol. The largest absolute Gasteiger partial charge is 0.382 e. The Kier molecular flexibility index (Phi) is 4.77. The zero-order chi connectivity index (χ0) is 12.2. The van der Waals surface area contributed by atoms with Crippen molar-refractivity contribution >= 4 is 0 Å². The van der Waals surface area contributed by atoms with Gasteiger partial charge in [0, 0.05) is 13.7 Å². The fourth-order valence-corrected chi connectivity index (χ4v) is 2.45. The topological polar surface area (TPSA) is 44.5 Å². The van der Waals surface area contributed by atoms with Crippen molar-refractivity contribution in [2.45, 2.75) is 58.2 Å². The Morgan fingerprint density at radius 2 is 1.75 bits per heavy atom. The second kappa shape index (κ2) is 5.48. The van der Waals surface area contributed by atoms with E-state index in [-0.39, 0.29) is 11.7 Å². The number of hydrogen-bond donors (Lipinski definition) is 1. The third kappa shape index (κ3) is 3.72. The average Bonchev–Trinajstić information content (AvgIpc) is 2.22. The molecule has 0 aliphatic heterocycles. The lowest BCUT2D eigenvalue weighted by molar-refractivity contribution is -0.130. The molecule has 1 atom stereocenters. The molecule has 1 rings (SSSR count). The first kappa shape index (κ1) is 13.9. The van der Waals surface area contributed by atoms with Gasteiger partial charge in [0.1, 0.15) is 0 Å². The van der Waals surface area contributed by atoms with Crippen LogP contribution in [0, 0.1) is 5.41 Å². The second-order valence-corrected chi connectivity index (χ2v) is 5.94. The molecule has 1 fully saturated rings. The smallest absolute Gasteiger partial charge is 0.0809 e. The lowest BCUT2D eigenvalue weighted by atomic mass is 9.71. The molecule has 0 aromatic carbocycles. The van der Waals surface area contributed by atoms with Crippen LogP contribution in [0.25, 0.3) is 0 Å². The number of hydrogen-bond acceptors (Lipinski definition) is 3. The van der Waals surface area contributed by atoms with Gasteiger partial charge in [0.2, 0.25) is 0 Å². The van der Waals surface area contributed by atoms with Gasteiger partial charge in [0.15, 0.2) is 0 Å². The number of nitrogens with two attached hydrogens (primary N) is 1. The molecule has 0 bridgehead atoms. The Morgan fingerprint density at radius 1 is 1.19 bits per heavy atom. The number of ether oxygens (including phenoxy) is 2.